The summed E-state index contributed by atoms with van der Waals surface area (Å²) in [6.45, 7) is 1.58. The van der Waals surface area contributed by atoms with Crippen molar-refractivity contribution in [3.63, 3.8) is 0 Å². The van der Waals surface area contributed by atoms with Crippen LogP contribution < -0.4 is 0 Å². The lowest BCUT2D eigenvalue weighted by Crippen LogP contribution is -2.28. The molecule has 1 aliphatic carbocycles. The van der Waals surface area contributed by atoms with E-state index in [1.807, 2.05) is 0 Å². The van der Waals surface area contributed by atoms with Crippen LogP contribution in [0.25, 0.3) is 0 Å². The van der Waals surface area contributed by atoms with Crippen LogP contribution >= 0.6 is 11.8 Å². The first-order chi connectivity index (χ1) is 9.72. The van der Waals surface area contributed by atoms with Crippen LogP contribution in [0.15, 0.2) is 34.0 Å². The molecule has 0 bridgehead atoms. The Morgan fingerprint density at radius 1 is 1.35 bits per heavy atom. The van der Waals surface area contributed by atoms with Crippen molar-refractivity contribution < 1.29 is 13.9 Å². The topological polar surface area (TPSA) is 51.0 Å². The Hall–Kier alpha value is -1.27. The number of thioether (sulfide) groups is 1. The van der Waals surface area contributed by atoms with E-state index in [1.165, 1.54) is 18.2 Å². The first-order valence-electron chi connectivity index (χ1n) is 6.67. The molecule has 0 radical (unpaired) electrons. The minimum Gasteiger partial charge on any atom is -0.381 e. The lowest BCUT2D eigenvalue weighted by molar-refractivity contribution is -0.118. The van der Waals surface area contributed by atoms with Gasteiger partial charge in [-0.2, -0.15) is 16.8 Å². The largest absolute Gasteiger partial charge is 0.381 e. The molecule has 20 heavy (non-hydrogen) atoms. The van der Waals surface area contributed by atoms with E-state index in [-0.39, 0.29) is 11.7 Å². The highest BCUT2D eigenvalue weighted by Crippen LogP contribution is 2.25. The highest BCUT2D eigenvalue weighted by Gasteiger charge is 2.28. The zero-order chi connectivity index (χ0) is 13.9. The zero-order valence-corrected chi connectivity index (χ0v) is 11.7. The van der Waals surface area contributed by atoms with Crippen LogP contribution in [0.1, 0.15) is 12.8 Å². The number of aliphatic imine (C=N–C) groups is 2. The molecular formula is C14H15FN2O2S. The fraction of sp³-hybridized carbons (Fsp3) is 0.500. The molecule has 2 aliphatic heterocycles. The molecule has 2 heterocycles. The molecule has 1 atom stereocenters. The molecule has 0 N–H and O–H groups in total. The van der Waals surface area contributed by atoms with E-state index in [0.29, 0.717) is 22.6 Å². The maximum absolute atomic E-state index is 13.2. The molecule has 3 rings (SSSR count). The third-order valence-electron chi connectivity index (χ3n) is 3.43. The Morgan fingerprint density at radius 2 is 2.15 bits per heavy atom. The molecule has 0 saturated carbocycles. The summed E-state index contributed by atoms with van der Waals surface area (Å²) < 4.78 is 18.5. The van der Waals surface area contributed by atoms with Crippen molar-refractivity contribution in [3.8, 4) is 0 Å². The number of carbonyl (C=O) groups is 1. The van der Waals surface area contributed by atoms with E-state index < -0.39 is 5.92 Å². The second-order valence-electron chi connectivity index (χ2n) is 4.89. The summed E-state index contributed by atoms with van der Waals surface area (Å²) in [5, 5.41) is 0.526. The maximum Gasteiger partial charge on any atom is 0.260 e. The summed E-state index contributed by atoms with van der Waals surface area (Å²) >= 11 is 1.74. The van der Waals surface area contributed by atoms with Gasteiger partial charge in [0.25, 0.3) is 5.91 Å². The van der Waals surface area contributed by atoms with Crippen molar-refractivity contribution in [1.82, 2.24) is 0 Å². The number of hydrogen-bond donors (Lipinski definition) is 0. The summed E-state index contributed by atoms with van der Waals surface area (Å²) in [5.41, 5.74) is 0.465. The summed E-state index contributed by atoms with van der Waals surface area (Å²) in [6.07, 6.45) is 6.16. The predicted molar refractivity (Wildman–Crippen MR) is 78.0 cm³/mol. The fourth-order valence-corrected chi connectivity index (χ4v) is 3.39. The third kappa shape index (κ3) is 3.07. The number of hydrogen-bond acceptors (Lipinski definition) is 4. The molecule has 0 aromatic carbocycles. The van der Waals surface area contributed by atoms with Gasteiger partial charge in [0.15, 0.2) is 0 Å². The van der Waals surface area contributed by atoms with Crippen LogP contribution in [-0.2, 0) is 9.53 Å². The van der Waals surface area contributed by atoms with Gasteiger partial charge in [-0.05, 0) is 25.0 Å². The Kier molecular flexibility index (Phi) is 4.12. The molecule has 6 heteroatoms. The van der Waals surface area contributed by atoms with Crippen LogP contribution in [0.4, 0.5) is 4.39 Å². The molecule has 4 nitrogen and oxygen atoms in total. The molecular weight excluding hydrogens is 279 g/mol. The van der Waals surface area contributed by atoms with Gasteiger partial charge in [-0.25, -0.2) is 9.38 Å². The van der Waals surface area contributed by atoms with Gasteiger partial charge in [-0.1, -0.05) is 6.08 Å². The maximum atomic E-state index is 13.2. The normalized spacial score (nSPS) is 26.8. The third-order valence-corrected chi connectivity index (χ3v) is 4.80. The van der Waals surface area contributed by atoms with Crippen molar-refractivity contribution >= 4 is 29.2 Å². The van der Waals surface area contributed by atoms with Gasteiger partial charge in [-0.15, -0.1) is 0 Å². The molecule has 1 fully saturated rings. The lowest BCUT2D eigenvalue weighted by Gasteiger charge is -2.22. The van der Waals surface area contributed by atoms with Crippen molar-refractivity contribution in [2.45, 2.75) is 18.1 Å². The van der Waals surface area contributed by atoms with Gasteiger partial charge in [0.05, 0.1) is 11.5 Å². The van der Waals surface area contributed by atoms with Crippen molar-refractivity contribution in [3.05, 3.63) is 24.1 Å². The summed E-state index contributed by atoms with van der Waals surface area (Å²) in [4.78, 5) is 20.2. The number of nitrogens with zero attached hydrogens (tertiary/aromatic N) is 2. The van der Waals surface area contributed by atoms with Gasteiger partial charge in [-0.3, -0.25) is 4.79 Å². The van der Waals surface area contributed by atoms with Crippen LogP contribution in [0, 0.1) is 5.92 Å². The van der Waals surface area contributed by atoms with Crippen LogP contribution in [0.2, 0.25) is 0 Å². The van der Waals surface area contributed by atoms with E-state index in [2.05, 4.69) is 9.98 Å². The number of carbonyl (C=O) groups excluding carboxylic acids is 1. The molecule has 1 amide bonds. The van der Waals surface area contributed by atoms with Crippen LogP contribution in [-0.4, -0.2) is 41.7 Å². The van der Waals surface area contributed by atoms with Crippen LogP contribution in [0.3, 0.4) is 0 Å². The highest BCUT2D eigenvalue weighted by atomic mass is 32.2. The van der Waals surface area contributed by atoms with Gasteiger partial charge in [0.1, 0.15) is 17.6 Å². The van der Waals surface area contributed by atoms with E-state index in [9.17, 15) is 9.18 Å². The Bertz CT molecular complexity index is 533. The summed E-state index contributed by atoms with van der Waals surface area (Å²) in [7, 11) is 0. The molecule has 1 saturated heterocycles. The monoisotopic (exact) mass is 294 g/mol. The molecule has 106 valence electrons. The van der Waals surface area contributed by atoms with E-state index in [0.717, 1.165) is 26.1 Å². The number of amidine groups is 1. The second kappa shape index (κ2) is 6.01. The van der Waals surface area contributed by atoms with Gasteiger partial charge >= 0.3 is 0 Å². The number of halogens is 1. The van der Waals surface area contributed by atoms with Crippen molar-refractivity contribution in [2.75, 3.05) is 19.0 Å². The Morgan fingerprint density at radius 3 is 2.95 bits per heavy atom. The quantitative estimate of drug-likeness (QED) is 0.802. The number of ether oxygens (including phenoxy) is 1. The van der Waals surface area contributed by atoms with E-state index in [1.54, 1.807) is 11.8 Å². The van der Waals surface area contributed by atoms with E-state index >= 15 is 0 Å². The Labute approximate surface area is 120 Å². The van der Waals surface area contributed by atoms with Gasteiger partial charge in [0, 0.05) is 18.5 Å². The first-order valence-corrected chi connectivity index (χ1v) is 7.72. The SMILES string of the molecule is O=C1N=C(CSC2CCOCC2)N=C2C=C(F)C=CC12. The van der Waals surface area contributed by atoms with Gasteiger partial charge in [0.2, 0.25) is 0 Å². The van der Waals surface area contributed by atoms with Crippen molar-refractivity contribution in [2.24, 2.45) is 15.9 Å². The number of fused-ring (bicyclic) bond motifs is 1. The first kappa shape index (κ1) is 13.7. The van der Waals surface area contributed by atoms with Crippen molar-refractivity contribution in [1.29, 1.82) is 0 Å². The lowest BCUT2D eigenvalue weighted by atomic mass is 9.96. The number of amides is 1. The van der Waals surface area contributed by atoms with E-state index in [4.69, 9.17) is 4.74 Å². The average molecular weight is 294 g/mol. The standard InChI is InChI=1S/C14H15FN2O2S/c15-9-1-2-11-12(7-9)16-13(17-14(11)18)8-20-10-3-5-19-6-4-10/h1-2,7,10-11H,3-6,8H2. The summed E-state index contributed by atoms with van der Waals surface area (Å²) in [6, 6.07) is 0. The average Bonchev–Trinajstić information content (AvgIpc) is 2.46. The van der Waals surface area contributed by atoms with Gasteiger partial charge < -0.3 is 4.74 Å². The number of rotatable bonds is 3. The minimum absolute atomic E-state index is 0.252. The highest BCUT2D eigenvalue weighted by molar-refractivity contribution is 8.00. The zero-order valence-electron chi connectivity index (χ0n) is 10.9. The minimum atomic E-state index is -0.508. The van der Waals surface area contributed by atoms with Crippen LogP contribution in [0.5, 0.6) is 0 Å². The fourth-order valence-electron chi connectivity index (χ4n) is 2.35. The summed E-state index contributed by atoms with van der Waals surface area (Å²) in [5.74, 6) is -0.0432. The Balaban J connectivity index is 1.65. The molecule has 1 unspecified atom stereocenters. The molecule has 0 aromatic heterocycles. The second-order valence-corrected chi connectivity index (χ2v) is 6.18. The molecule has 0 aromatic rings. The smallest absolute Gasteiger partial charge is 0.260 e. The molecule has 0 spiro atoms. The number of allylic oxidation sites excluding steroid dienone is 3. The molecule has 3 aliphatic rings. The predicted octanol–water partition coefficient (Wildman–Crippen LogP) is 2.32.